The number of fused-ring (bicyclic) bond motifs is 1. The lowest BCUT2D eigenvalue weighted by Crippen LogP contribution is -2.24. The van der Waals surface area contributed by atoms with Crippen LogP contribution in [0.4, 0.5) is 20.6 Å². The predicted molar refractivity (Wildman–Crippen MR) is 79.2 cm³/mol. The van der Waals surface area contributed by atoms with E-state index in [1.807, 2.05) is 0 Å². The molecule has 0 aliphatic heterocycles. The summed E-state index contributed by atoms with van der Waals surface area (Å²) in [4.78, 5) is 20.3. The summed E-state index contributed by atoms with van der Waals surface area (Å²) in [6.45, 7) is 0. The summed E-state index contributed by atoms with van der Waals surface area (Å²) in [5, 5.41) is 8.97. The molecule has 8 heteroatoms. The van der Waals surface area contributed by atoms with Gasteiger partial charge in [0, 0.05) is 30.7 Å². The summed E-state index contributed by atoms with van der Waals surface area (Å²) in [6, 6.07) is 4.22. The summed E-state index contributed by atoms with van der Waals surface area (Å²) in [6.07, 6.45) is 3.40. The van der Waals surface area contributed by atoms with Gasteiger partial charge >= 0.3 is 6.09 Å². The molecule has 0 fully saturated rings. The van der Waals surface area contributed by atoms with Gasteiger partial charge in [-0.3, -0.25) is 9.30 Å². The van der Waals surface area contributed by atoms with Crippen molar-refractivity contribution in [2.45, 2.75) is 0 Å². The van der Waals surface area contributed by atoms with Crippen LogP contribution in [0.1, 0.15) is 0 Å². The average Bonchev–Trinajstić information content (AvgIpc) is 2.91. The van der Waals surface area contributed by atoms with E-state index in [-0.39, 0.29) is 5.56 Å². The van der Waals surface area contributed by atoms with Crippen LogP contribution in [0, 0.1) is 5.82 Å². The van der Waals surface area contributed by atoms with Crippen molar-refractivity contribution in [2.24, 2.45) is 0 Å². The second kappa shape index (κ2) is 4.99. The van der Waals surface area contributed by atoms with Gasteiger partial charge in [0.15, 0.2) is 0 Å². The lowest BCUT2D eigenvalue weighted by molar-refractivity contribution is 0.203. The summed E-state index contributed by atoms with van der Waals surface area (Å²) in [7, 11) is 1.40. The highest BCUT2D eigenvalue weighted by atomic mass is 19.1. The molecule has 0 unspecified atom stereocenters. The fourth-order valence-corrected chi connectivity index (χ4v) is 2.03. The maximum absolute atomic E-state index is 13.9. The van der Waals surface area contributed by atoms with Gasteiger partial charge in [-0.25, -0.2) is 19.2 Å². The molecule has 22 heavy (non-hydrogen) atoms. The Morgan fingerprint density at radius 2 is 2.18 bits per heavy atom. The van der Waals surface area contributed by atoms with Crippen LogP contribution in [0.5, 0.6) is 0 Å². The van der Waals surface area contributed by atoms with Gasteiger partial charge in [-0.05, 0) is 18.2 Å². The van der Waals surface area contributed by atoms with Crippen LogP contribution in [-0.2, 0) is 0 Å². The first kappa shape index (κ1) is 13.8. The van der Waals surface area contributed by atoms with Crippen molar-refractivity contribution >= 4 is 23.2 Å². The molecule has 0 aliphatic rings. The third-order valence-electron chi connectivity index (χ3n) is 3.24. The molecular formula is C14H12FN5O2. The number of amides is 1. The average molecular weight is 301 g/mol. The Bertz CT molecular complexity index is 877. The molecule has 3 aromatic rings. The number of halogens is 1. The Balaban J connectivity index is 2.10. The van der Waals surface area contributed by atoms with Gasteiger partial charge in [0.2, 0.25) is 5.78 Å². The maximum atomic E-state index is 13.9. The summed E-state index contributed by atoms with van der Waals surface area (Å²) >= 11 is 0. The maximum Gasteiger partial charge on any atom is 0.411 e. The number of nitrogen functional groups attached to an aromatic ring is 1. The number of hydrogen-bond acceptors (Lipinski definition) is 4. The van der Waals surface area contributed by atoms with Crippen molar-refractivity contribution in [1.82, 2.24) is 14.4 Å². The first-order valence-corrected chi connectivity index (χ1v) is 6.32. The van der Waals surface area contributed by atoms with Crippen LogP contribution in [0.25, 0.3) is 17.0 Å². The van der Waals surface area contributed by atoms with E-state index in [1.54, 1.807) is 12.4 Å². The normalized spacial score (nSPS) is 10.8. The SMILES string of the molecule is CN(C(=O)O)c1cnc2nc(-c3cc(N)ccc3F)cn2c1. The Morgan fingerprint density at radius 3 is 2.91 bits per heavy atom. The highest BCUT2D eigenvalue weighted by molar-refractivity contribution is 5.85. The number of rotatable bonds is 2. The van der Waals surface area contributed by atoms with Crippen LogP contribution in [-0.4, -0.2) is 32.6 Å². The van der Waals surface area contributed by atoms with Crippen molar-refractivity contribution in [3.8, 4) is 11.3 Å². The smallest absolute Gasteiger partial charge is 0.411 e. The molecule has 7 nitrogen and oxygen atoms in total. The van der Waals surface area contributed by atoms with Crippen LogP contribution in [0.3, 0.4) is 0 Å². The third kappa shape index (κ3) is 2.30. The van der Waals surface area contributed by atoms with Crippen molar-refractivity contribution < 1.29 is 14.3 Å². The fourth-order valence-electron chi connectivity index (χ4n) is 2.03. The van der Waals surface area contributed by atoms with E-state index in [4.69, 9.17) is 10.8 Å². The molecule has 0 radical (unpaired) electrons. The molecule has 0 saturated carbocycles. The zero-order valence-electron chi connectivity index (χ0n) is 11.6. The molecule has 2 aromatic heterocycles. The van der Waals surface area contributed by atoms with Gasteiger partial charge in [0.05, 0.1) is 17.6 Å². The molecule has 0 aliphatic carbocycles. The molecular weight excluding hydrogens is 289 g/mol. The zero-order valence-corrected chi connectivity index (χ0v) is 11.6. The van der Waals surface area contributed by atoms with E-state index in [9.17, 15) is 9.18 Å². The molecule has 2 heterocycles. The van der Waals surface area contributed by atoms with Crippen molar-refractivity contribution in [1.29, 1.82) is 0 Å². The van der Waals surface area contributed by atoms with E-state index in [0.29, 0.717) is 22.8 Å². The second-order valence-electron chi connectivity index (χ2n) is 4.73. The zero-order chi connectivity index (χ0) is 15.9. The molecule has 1 amide bonds. The Kier molecular flexibility index (Phi) is 3.13. The van der Waals surface area contributed by atoms with E-state index < -0.39 is 11.9 Å². The van der Waals surface area contributed by atoms with Gasteiger partial charge < -0.3 is 10.8 Å². The third-order valence-corrected chi connectivity index (χ3v) is 3.24. The molecule has 0 atom stereocenters. The van der Waals surface area contributed by atoms with Crippen LogP contribution in [0.15, 0.2) is 36.8 Å². The van der Waals surface area contributed by atoms with Crippen LogP contribution in [0.2, 0.25) is 0 Å². The number of nitrogens with zero attached hydrogens (tertiary/aromatic N) is 4. The Labute approximate surface area is 124 Å². The van der Waals surface area contributed by atoms with Crippen molar-refractivity contribution in [2.75, 3.05) is 17.7 Å². The lowest BCUT2D eigenvalue weighted by atomic mass is 10.1. The minimum atomic E-state index is -1.11. The standard InChI is InChI=1S/C14H12FN5O2/c1-19(14(21)22)9-5-17-13-18-12(7-20(13)6-9)10-4-8(16)2-3-11(10)15/h2-7H,16H2,1H3,(H,21,22). The molecule has 0 spiro atoms. The Hall–Kier alpha value is -3.16. The summed E-state index contributed by atoms with van der Waals surface area (Å²) in [5.74, 6) is -0.111. The lowest BCUT2D eigenvalue weighted by Gasteiger charge is -2.11. The quantitative estimate of drug-likeness (QED) is 0.707. The van der Waals surface area contributed by atoms with Gasteiger partial charge in [-0.1, -0.05) is 0 Å². The number of hydrogen-bond donors (Lipinski definition) is 2. The fraction of sp³-hybridized carbons (Fsp3) is 0.0714. The largest absolute Gasteiger partial charge is 0.465 e. The molecule has 3 rings (SSSR count). The van der Waals surface area contributed by atoms with E-state index in [0.717, 1.165) is 4.90 Å². The number of aromatic nitrogens is 3. The van der Waals surface area contributed by atoms with E-state index >= 15 is 0 Å². The van der Waals surface area contributed by atoms with Crippen molar-refractivity contribution in [3.63, 3.8) is 0 Å². The predicted octanol–water partition coefficient (Wildman–Crippen LogP) is 2.23. The van der Waals surface area contributed by atoms with Gasteiger partial charge in [-0.2, -0.15) is 0 Å². The monoisotopic (exact) mass is 301 g/mol. The minimum absolute atomic E-state index is 0.263. The molecule has 0 saturated heterocycles. The number of anilines is 2. The highest BCUT2D eigenvalue weighted by Gasteiger charge is 2.13. The number of imidazole rings is 1. The molecule has 3 N–H and O–H groups in total. The molecule has 112 valence electrons. The molecule has 0 bridgehead atoms. The highest BCUT2D eigenvalue weighted by Crippen LogP contribution is 2.25. The topological polar surface area (TPSA) is 96.8 Å². The number of nitrogens with two attached hydrogens (primary N) is 1. The Morgan fingerprint density at radius 1 is 1.41 bits per heavy atom. The second-order valence-corrected chi connectivity index (χ2v) is 4.73. The van der Waals surface area contributed by atoms with Crippen LogP contribution >= 0.6 is 0 Å². The van der Waals surface area contributed by atoms with Gasteiger partial charge in [0.1, 0.15) is 5.82 Å². The van der Waals surface area contributed by atoms with E-state index in [2.05, 4.69) is 9.97 Å². The van der Waals surface area contributed by atoms with Crippen molar-refractivity contribution in [3.05, 3.63) is 42.6 Å². The first-order valence-electron chi connectivity index (χ1n) is 6.32. The number of carbonyl (C=O) groups is 1. The van der Waals surface area contributed by atoms with Gasteiger partial charge in [0.25, 0.3) is 0 Å². The van der Waals surface area contributed by atoms with Crippen LogP contribution < -0.4 is 10.6 Å². The summed E-state index contributed by atoms with van der Waals surface area (Å²) in [5.41, 5.74) is 7.09. The van der Waals surface area contributed by atoms with E-state index in [1.165, 1.54) is 35.8 Å². The minimum Gasteiger partial charge on any atom is -0.465 e. The number of carboxylic acid groups (broad SMARTS) is 1. The number of benzene rings is 1. The molecule has 1 aromatic carbocycles. The van der Waals surface area contributed by atoms with Gasteiger partial charge in [-0.15, -0.1) is 0 Å². The summed E-state index contributed by atoms with van der Waals surface area (Å²) < 4.78 is 15.4. The first-order chi connectivity index (χ1) is 10.5.